The number of carbonyl (C=O) groups is 2. The first kappa shape index (κ1) is 20.7. The number of urea groups is 1. The Balaban J connectivity index is 0.00000261. The number of hydrogen-bond acceptors (Lipinski definition) is 4. The van der Waals surface area contributed by atoms with Crippen molar-refractivity contribution in [3.8, 4) is 0 Å². The van der Waals surface area contributed by atoms with Gasteiger partial charge in [0, 0.05) is 37.4 Å². The van der Waals surface area contributed by atoms with Crippen molar-refractivity contribution in [2.45, 2.75) is 12.6 Å². The molecule has 0 saturated carbocycles. The van der Waals surface area contributed by atoms with E-state index in [0.717, 1.165) is 17.7 Å². The Morgan fingerprint density at radius 3 is 2.52 bits per heavy atom. The van der Waals surface area contributed by atoms with Gasteiger partial charge in [-0.25, -0.2) is 4.79 Å². The highest BCUT2D eigenvalue weighted by Gasteiger charge is 2.26. The van der Waals surface area contributed by atoms with E-state index in [1.807, 2.05) is 36.4 Å². The second-order valence-corrected chi connectivity index (χ2v) is 6.19. The third-order valence-corrected chi connectivity index (χ3v) is 4.57. The lowest BCUT2D eigenvalue weighted by Gasteiger charge is -2.35. The van der Waals surface area contributed by atoms with Crippen LogP contribution in [0.5, 0.6) is 0 Å². The summed E-state index contributed by atoms with van der Waals surface area (Å²) in [5.74, 6) is -0.203. The Kier molecular flexibility index (Phi) is 7.18. The van der Waals surface area contributed by atoms with Gasteiger partial charge in [0.05, 0.1) is 6.04 Å². The van der Waals surface area contributed by atoms with E-state index in [-0.39, 0.29) is 24.4 Å². The predicted molar refractivity (Wildman–Crippen MR) is 108 cm³/mol. The highest BCUT2D eigenvalue weighted by Crippen LogP contribution is 2.23. The van der Waals surface area contributed by atoms with Crippen molar-refractivity contribution in [3.05, 3.63) is 65.2 Å². The topological polar surface area (TPSA) is 113 Å². The quantitative estimate of drug-likeness (QED) is 0.638. The highest BCUT2D eigenvalue weighted by atomic mass is 35.5. The van der Waals surface area contributed by atoms with Gasteiger partial charge in [-0.15, -0.1) is 12.4 Å². The molecule has 6 N–H and O–H groups in total. The molecule has 1 aliphatic rings. The summed E-state index contributed by atoms with van der Waals surface area (Å²) in [4.78, 5) is 25.8. The molecule has 1 unspecified atom stereocenters. The average Bonchev–Trinajstić information content (AvgIpc) is 2.68. The van der Waals surface area contributed by atoms with Crippen molar-refractivity contribution >= 4 is 30.0 Å². The van der Waals surface area contributed by atoms with Gasteiger partial charge < -0.3 is 27.0 Å². The van der Waals surface area contributed by atoms with Crippen LogP contribution in [0.4, 0.5) is 10.5 Å². The summed E-state index contributed by atoms with van der Waals surface area (Å²) in [5.41, 5.74) is 14.2. The molecule has 144 valence electrons. The summed E-state index contributed by atoms with van der Waals surface area (Å²) < 4.78 is 0. The minimum atomic E-state index is -0.434. The zero-order chi connectivity index (χ0) is 18.5. The number of nitrogens with two attached hydrogens (primary N) is 2. The summed E-state index contributed by atoms with van der Waals surface area (Å²) >= 11 is 0. The highest BCUT2D eigenvalue weighted by molar-refractivity contribution is 6.04. The number of primary amides is 1. The van der Waals surface area contributed by atoms with E-state index < -0.39 is 6.03 Å². The van der Waals surface area contributed by atoms with Crippen LogP contribution >= 0.6 is 12.4 Å². The molecule has 8 heteroatoms. The molecule has 1 aliphatic heterocycles. The predicted octanol–water partition coefficient (Wildman–Crippen LogP) is 1.84. The third kappa shape index (κ3) is 4.77. The molecule has 0 aromatic heterocycles. The molecule has 0 radical (unpaired) electrons. The van der Waals surface area contributed by atoms with Crippen molar-refractivity contribution in [3.63, 3.8) is 0 Å². The lowest BCUT2D eigenvalue weighted by atomic mass is 10.0. The van der Waals surface area contributed by atoms with Gasteiger partial charge in [-0.2, -0.15) is 0 Å². The first-order chi connectivity index (χ1) is 12.6. The second kappa shape index (κ2) is 9.36. The first-order valence-electron chi connectivity index (χ1n) is 8.56. The van der Waals surface area contributed by atoms with Crippen molar-refractivity contribution < 1.29 is 9.59 Å². The SMILES string of the molecule is Cl.NCc1ccccc1NC(=O)c1ccc(C2CNCCN2C(N)=O)cc1. The lowest BCUT2D eigenvalue weighted by molar-refractivity contribution is 0.102. The maximum atomic E-state index is 12.5. The number of amides is 3. The Morgan fingerprint density at radius 2 is 1.85 bits per heavy atom. The first-order valence-corrected chi connectivity index (χ1v) is 8.56. The smallest absolute Gasteiger partial charge is 0.315 e. The number of hydrogen-bond donors (Lipinski definition) is 4. The number of nitrogens with one attached hydrogen (secondary N) is 2. The fourth-order valence-corrected chi connectivity index (χ4v) is 3.14. The summed E-state index contributed by atoms with van der Waals surface area (Å²) in [6.45, 7) is 2.28. The summed E-state index contributed by atoms with van der Waals surface area (Å²) in [5, 5.41) is 6.15. The molecule has 1 saturated heterocycles. The average molecular weight is 390 g/mol. The molecule has 0 bridgehead atoms. The molecular weight excluding hydrogens is 366 g/mol. The Hall–Kier alpha value is -2.61. The van der Waals surface area contributed by atoms with Gasteiger partial charge >= 0.3 is 6.03 Å². The van der Waals surface area contributed by atoms with E-state index in [1.54, 1.807) is 17.0 Å². The molecule has 1 atom stereocenters. The van der Waals surface area contributed by atoms with Gasteiger partial charge in [0.2, 0.25) is 0 Å². The molecule has 7 nitrogen and oxygen atoms in total. The molecule has 0 aliphatic carbocycles. The zero-order valence-corrected chi connectivity index (χ0v) is 15.7. The number of halogens is 1. The van der Waals surface area contributed by atoms with Crippen LogP contribution in [0.1, 0.15) is 27.5 Å². The maximum absolute atomic E-state index is 12.5. The standard InChI is InChI=1S/C19H23N5O2.ClH/c20-11-15-3-1-2-4-16(15)23-18(25)14-7-5-13(6-8-14)17-12-22-9-10-24(17)19(21)26;/h1-8,17,22H,9-12,20H2,(H2,21,26)(H,23,25);1H. The number of benzene rings is 2. The molecule has 27 heavy (non-hydrogen) atoms. The number of para-hydroxylation sites is 1. The summed E-state index contributed by atoms with van der Waals surface area (Å²) in [6, 6.07) is 14.1. The van der Waals surface area contributed by atoms with Crippen molar-refractivity contribution in [1.82, 2.24) is 10.2 Å². The van der Waals surface area contributed by atoms with Crippen LogP contribution in [0.3, 0.4) is 0 Å². The second-order valence-electron chi connectivity index (χ2n) is 6.19. The van der Waals surface area contributed by atoms with E-state index in [9.17, 15) is 9.59 Å². The zero-order valence-electron chi connectivity index (χ0n) is 14.9. The number of carbonyl (C=O) groups excluding carboxylic acids is 2. The molecule has 0 spiro atoms. The summed E-state index contributed by atoms with van der Waals surface area (Å²) in [6.07, 6.45) is 0. The molecule has 1 heterocycles. The van der Waals surface area contributed by atoms with Gasteiger partial charge in [-0.05, 0) is 29.3 Å². The van der Waals surface area contributed by atoms with Gasteiger partial charge in [0.15, 0.2) is 0 Å². The van der Waals surface area contributed by atoms with Crippen LogP contribution in [-0.2, 0) is 6.54 Å². The van der Waals surface area contributed by atoms with E-state index >= 15 is 0 Å². The van der Waals surface area contributed by atoms with Crippen LogP contribution in [-0.4, -0.2) is 36.5 Å². The van der Waals surface area contributed by atoms with Crippen LogP contribution in [0.15, 0.2) is 48.5 Å². The molecule has 2 aromatic carbocycles. The van der Waals surface area contributed by atoms with Crippen molar-refractivity contribution in [2.24, 2.45) is 11.5 Å². The largest absolute Gasteiger partial charge is 0.351 e. The van der Waals surface area contributed by atoms with Gasteiger partial charge in [0.25, 0.3) is 5.91 Å². The molecule has 3 amide bonds. The third-order valence-electron chi connectivity index (χ3n) is 4.57. The van der Waals surface area contributed by atoms with Gasteiger partial charge in [-0.3, -0.25) is 4.79 Å². The Bertz CT molecular complexity index is 797. The van der Waals surface area contributed by atoms with E-state index in [4.69, 9.17) is 11.5 Å². The number of rotatable bonds is 4. The van der Waals surface area contributed by atoms with Crippen LogP contribution < -0.4 is 22.1 Å². The van der Waals surface area contributed by atoms with E-state index in [1.165, 1.54) is 0 Å². The number of nitrogens with zero attached hydrogens (tertiary/aromatic N) is 1. The van der Waals surface area contributed by atoms with Crippen LogP contribution in [0.2, 0.25) is 0 Å². The fourth-order valence-electron chi connectivity index (χ4n) is 3.14. The molecule has 1 fully saturated rings. The number of anilines is 1. The van der Waals surface area contributed by atoms with Crippen LogP contribution in [0, 0.1) is 0 Å². The van der Waals surface area contributed by atoms with Crippen molar-refractivity contribution in [1.29, 1.82) is 0 Å². The molecule has 2 aromatic rings. The van der Waals surface area contributed by atoms with Gasteiger partial charge in [-0.1, -0.05) is 30.3 Å². The Labute approximate surface area is 164 Å². The maximum Gasteiger partial charge on any atom is 0.315 e. The summed E-state index contributed by atoms with van der Waals surface area (Å²) in [7, 11) is 0. The minimum Gasteiger partial charge on any atom is -0.351 e. The van der Waals surface area contributed by atoms with Crippen LogP contribution in [0.25, 0.3) is 0 Å². The van der Waals surface area contributed by atoms with Gasteiger partial charge in [0.1, 0.15) is 0 Å². The Morgan fingerprint density at radius 1 is 1.15 bits per heavy atom. The van der Waals surface area contributed by atoms with E-state index in [0.29, 0.717) is 30.9 Å². The van der Waals surface area contributed by atoms with E-state index in [2.05, 4.69) is 10.6 Å². The number of piperazine rings is 1. The van der Waals surface area contributed by atoms with Crippen molar-refractivity contribution in [2.75, 3.05) is 25.0 Å². The lowest BCUT2D eigenvalue weighted by Crippen LogP contribution is -2.50. The normalized spacial score (nSPS) is 16.3. The minimum absolute atomic E-state index is 0. The molecule has 3 rings (SSSR count). The molecular formula is C19H24ClN5O2. The fraction of sp³-hybridized carbons (Fsp3) is 0.263. The monoisotopic (exact) mass is 389 g/mol.